The average Bonchev–Trinajstić information content (AvgIpc) is 2.85. The fourth-order valence-corrected chi connectivity index (χ4v) is 5.03. The first-order valence-corrected chi connectivity index (χ1v) is 12.9. The summed E-state index contributed by atoms with van der Waals surface area (Å²) in [5.74, 6) is -0.115. The van der Waals surface area contributed by atoms with Gasteiger partial charge in [0.2, 0.25) is 0 Å². The summed E-state index contributed by atoms with van der Waals surface area (Å²) in [7, 11) is 4.08. The van der Waals surface area contributed by atoms with Crippen LogP contribution in [0.1, 0.15) is 54.0 Å². The number of rotatable bonds is 11. The van der Waals surface area contributed by atoms with Crippen molar-refractivity contribution in [1.29, 1.82) is 0 Å². The molecule has 0 saturated carbocycles. The Bertz CT molecular complexity index is 1220. The molecule has 1 atom stereocenters. The largest absolute Gasteiger partial charge is 0.417 e. The lowest BCUT2D eigenvalue weighted by atomic mass is 9.87. The monoisotopic (exact) mass is 530 g/mol. The molecule has 0 aliphatic heterocycles. The fourth-order valence-electron chi connectivity index (χ4n) is 4.86. The molecule has 0 amide bonds. The minimum absolute atomic E-state index is 0.0432. The molecular weight excluding hydrogens is 497 g/mol. The number of aldehydes is 1. The Hall–Kier alpha value is -2.83. The van der Waals surface area contributed by atoms with Crippen molar-refractivity contribution in [2.24, 2.45) is 0 Å². The number of carbonyl (C=O) groups is 1. The Morgan fingerprint density at radius 2 is 1.76 bits per heavy atom. The summed E-state index contributed by atoms with van der Waals surface area (Å²) in [5.41, 5.74) is 5.25. The van der Waals surface area contributed by atoms with Gasteiger partial charge in [-0.1, -0.05) is 61.8 Å². The second-order valence-electron chi connectivity index (χ2n) is 9.47. The van der Waals surface area contributed by atoms with Crippen LogP contribution < -0.4 is 5.32 Å². The van der Waals surface area contributed by atoms with Crippen molar-refractivity contribution in [3.05, 3.63) is 87.4 Å². The van der Waals surface area contributed by atoms with Crippen LogP contribution in [0.15, 0.2) is 54.6 Å². The molecule has 198 valence electrons. The van der Waals surface area contributed by atoms with Crippen molar-refractivity contribution in [2.45, 2.75) is 51.7 Å². The van der Waals surface area contributed by atoms with Gasteiger partial charge in [0, 0.05) is 36.1 Å². The van der Waals surface area contributed by atoms with E-state index in [1.807, 2.05) is 33.2 Å². The Morgan fingerprint density at radius 1 is 1.00 bits per heavy atom. The summed E-state index contributed by atoms with van der Waals surface area (Å²) in [4.78, 5) is 13.7. The Morgan fingerprint density at radius 3 is 2.38 bits per heavy atom. The number of halogens is 4. The molecule has 0 spiro atoms. The van der Waals surface area contributed by atoms with Gasteiger partial charge in [0.05, 0.1) is 5.56 Å². The minimum atomic E-state index is -4.52. The molecular formula is C30H34ClF3N2O. The van der Waals surface area contributed by atoms with E-state index in [1.165, 1.54) is 23.3 Å². The number of nitrogens with zero attached hydrogens (tertiary/aromatic N) is 1. The first kappa shape index (κ1) is 28.7. The maximum Gasteiger partial charge on any atom is 0.417 e. The van der Waals surface area contributed by atoms with Crippen LogP contribution in [0.4, 0.5) is 18.9 Å². The molecule has 3 nitrogen and oxygen atoms in total. The predicted molar refractivity (Wildman–Crippen MR) is 146 cm³/mol. The van der Waals surface area contributed by atoms with Crippen LogP contribution in [0, 0.1) is 0 Å². The van der Waals surface area contributed by atoms with Gasteiger partial charge in [0.1, 0.15) is 6.29 Å². The van der Waals surface area contributed by atoms with Gasteiger partial charge in [0.25, 0.3) is 0 Å². The van der Waals surface area contributed by atoms with Crippen LogP contribution >= 0.6 is 11.6 Å². The fraction of sp³-hybridized carbons (Fsp3) is 0.367. The van der Waals surface area contributed by atoms with Gasteiger partial charge in [-0.3, -0.25) is 0 Å². The number of aryl methyl sites for hydroxylation is 1. The molecule has 0 radical (unpaired) electrons. The van der Waals surface area contributed by atoms with Crippen molar-refractivity contribution in [3.8, 4) is 11.1 Å². The lowest BCUT2D eigenvalue weighted by Gasteiger charge is -2.23. The molecule has 37 heavy (non-hydrogen) atoms. The van der Waals surface area contributed by atoms with Gasteiger partial charge < -0.3 is 15.0 Å². The number of hydrogen-bond acceptors (Lipinski definition) is 3. The van der Waals surface area contributed by atoms with E-state index in [0.717, 1.165) is 42.1 Å². The van der Waals surface area contributed by atoms with E-state index in [1.54, 1.807) is 12.1 Å². The van der Waals surface area contributed by atoms with Crippen LogP contribution in [0.5, 0.6) is 0 Å². The number of anilines is 1. The Balaban J connectivity index is 1.94. The third-order valence-corrected chi connectivity index (χ3v) is 6.83. The summed E-state index contributed by atoms with van der Waals surface area (Å²) in [6.07, 6.45) is -1.79. The minimum Gasteiger partial charge on any atom is -0.384 e. The quantitative estimate of drug-likeness (QED) is 0.255. The number of hydrogen-bond donors (Lipinski definition) is 1. The predicted octanol–water partition coefficient (Wildman–Crippen LogP) is 8.00. The van der Waals surface area contributed by atoms with E-state index in [0.29, 0.717) is 24.9 Å². The normalized spacial score (nSPS) is 12.6. The van der Waals surface area contributed by atoms with Gasteiger partial charge in [0.15, 0.2) is 0 Å². The highest BCUT2D eigenvalue weighted by molar-refractivity contribution is 6.30. The highest BCUT2D eigenvalue weighted by Gasteiger charge is 2.34. The highest BCUT2D eigenvalue weighted by atomic mass is 35.5. The van der Waals surface area contributed by atoms with Gasteiger partial charge in [-0.25, -0.2) is 0 Å². The first-order valence-electron chi connectivity index (χ1n) is 12.5. The summed E-state index contributed by atoms with van der Waals surface area (Å²) in [6, 6.07) is 15.4. The molecule has 0 fully saturated rings. The lowest BCUT2D eigenvalue weighted by Crippen LogP contribution is -2.17. The smallest absolute Gasteiger partial charge is 0.384 e. The van der Waals surface area contributed by atoms with Gasteiger partial charge in [-0.2, -0.15) is 13.2 Å². The molecule has 7 heteroatoms. The van der Waals surface area contributed by atoms with Crippen molar-refractivity contribution in [1.82, 2.24) is 4.90 Å². The summed E-state index contributed by atoms with van der Waals surface area (Å²) >= 11 is 5.87. The lowest BCUT2D eigenvalue weighted by molar-refractivity contribution is -0.137. The van der Waals surface area contributed by atoms with E-state index in [9.17, 15) is 18.0 Å². The average molecular weight is 531 g/mol. The molecule has 3 aromatic rings. The zero-order valence-corrected chi connectivity index (χ0v) is 22.5. The molecule has 1 unspecified atom stereocenters. The van der Waals surface area contributed by atoms with Crippen LogP contribution in [-0.4, -0.2) is 31.8 Å². The number of alkyl halides is 3. The van der Waals surface area contributed by atoms with E-state index in [-0.39, 0.29) is 16.5 Å². The molecule has 0 bridgehead atoms. The topological polar surface area (TPSA) is 32.3 Å². The number of carbonyl (C=O) groups excluding carboxylic acids is 1. The molecule has 3 rings (SSSR count). The van der Waals surface area contributed by atoms with Crippen LogP contribution in [0.25, 0.3) is 11.1 Å². The molecule has 0 aliphatic carbocycles. The number of benzene rings is 3. The standard InChI is InChI=1S/C30H34ClF3N2O/c1-5-20-16-21(27-13-11-24(31)17-28(27)30(32,33)34)10-12-26(20)22(14-15-37)18-35-29-9-7-8-23(19-36(3)4)25(29)6-2/h7-13,15-17,22,35H,5-6,14,18-19H2,1-4H3. The van der Waals surface area contributed by atoms with Crippen molar-refractivity contribution >= 4 is 23.6 Å². The maximum absolute atomic E-state index is 13.7. The summed E-state index contributed by atoms with van der Waals surface area (Å²) < 4.78 is 41.2. The van der Waals surface area contributed by atoms with Crippen LogP contribution in [0.2, 0.25) is 5.02 Å². The maximum atomic E-state index is 13.7. The SMILES string of the molecule is CCc1cc(-c2ccc(Cl)cc2C(F)(F)F)ccc1C(CC=O)CNc1cccc(CN(C)C)c1CC. The number of nitrogens with one attached hydrogen (secondary N) is 1. The summed E-state index contributed by atoms with van der Waals surface area (Å²) in [5, 5.41) is 3.60. The van der Waals surface area contributed by atoms with Crippen LogP contribution in [-0.2, 0) is 30.4 Å². The van der Waals surface area contributed by atoms with E-state index >= 15 is 0 Å². The van der Waals surface area contributed by atoms with Crippen molar-refractivity contribution < 1.29 is 18.0 Å². The van der Waals surface area contributed by atoms with E-state index in [2.05, 4.69) is 29.3 Å². The van der Waals surface area contributed by atoms with Crippen molar-refractivity contribution in [2.75, 3.05) is 26.0 Å². The van der Waals surface area contributed by atoms with E-state index in [4.69, 9.17) is 11.6 Å². The molecule has 3 aromatic carbocycles. The molecule has 0 saturated heterocycles. The molecule has 1 N–H and O–H groups in total. The molecule has 0 heterocycles. The zero-order chi connectivity index (χ0) is 27.2. The summed E-state index contributed by atoms with van der Waals surface area (Å²) in [6.45, 7) is 5.48. The van der Waals surface area contributed by atoms with Crippen LogP contribution in [0.3, 0.4) is 0 Å². The Labute approximate surface area is 222 Å². The second-order valence-corrected chi connectivity index (χ2v) is 9.91. The highest BCUT2D eigenvalue weighted by Crippen LogP contribution is 2.39. The zero-order valence-electron chi connectivity index (χ0n) is 21.8. The third kappa shape index (κ3) is 7.14. The van der Waals surface area contributed by atoms with E-state index < -0.39 is 11.7 Å². The molecule has 0 aliphatic rings. The Kier molecular flexibility index (Phi) is 9.80. The van der Waals surface area contributed by atoms with Gasteiger partial charge in [-0.15, -0.1) is 0 Å². The third-order valence-electron chi connectivity index (χ3n) is 6.59. The molecule has 0 aromatic heterocycles. The van der Waals surface area contributed by atoms with Gasteiger partial charge in [-0.05, 0) is 78.5 Å². The first-order chi connectivity index (χ1) is 17.6. The second kappa shape index (κ2) is 12.6. The van der Waals surface area contributed by atoms with Crippen molar-refractivity contribution in [3.63, 3.8) is 0 Å². The van der Waals surface area contributed by atoms with Gasteiger partial charge >= 0.3 is 6.18 Å².